The molecule has 1 heterocycles. The second kappa shape index (κ2) is 9.22. The van der Waals surface area contributed by atoms with Gasteiger partial charge in [-0.05, 0) is 57.8 Å². The Hall–Kier alpha value is -2.08. The number of likely N-dealkylation sites (N-methyl/N-ethyl adjacent to an activating group) is 1. The van der Waals surface area contributed by atoms with Crippen LogP contribution in [0, 0.1) is 11.8 Å². The van der Waals surface area contributed by atoms with Crippen LogP contribution in [-0.2, 0) is 9.59 Å². The average molecular weight is 373 g/mol. The van der Waals surface area contributed by atoms with Gasteiger partial charge >= 0.3 is 0 Å². The zero-order chi connectivity index (χ0) is 19.2. The molecule has 1 atom stereocenters. The fourth-order valence-electron chi connectivity index (χ4n) is 3.75. The van der Waals surface area contributed by atoms with Crippen LogP contribution in [0.3, 0.4) is 0 Å². The van der Waals surface area contributed by atoms with E-state index in [9.17, 15) is 9.59 Å². The minimum atomic E-state index is -0.0147. The summed E-state index contributed by atoms with van der Waals surface area (Å²) in [5.41, 5.74) is 0. The predicted molar refractivity (Wildman–Crippen MR) is 104 cm³/mol. The van der Waals surface area contributed by atoms with Crippen LogP contribution in [0.1, 0.15) is 25.7 Å². The Kier molecular flexibility index (Phi) is 6.72. The molecule has 148 valence electrons. The number of benzene rings is 1. The van der Waals surface area contributed by atoms with Crippen LogP contribution in [0.15, 0.2) is 30.3 Å². The number of para-hydroxylation sites is 1. The SMILES string of the molecule is CN(C)[C@H](CNC(=O)C1CCN(C(=O)COc2ccccc2)CC1)C1CC1. The molecule has 1 N–H and O–H groups in total. The molecule has 0 unspecified atom stereocenters. The van der Waals surface area contributed by atoms with Crippen LogP contribution >= 0.6 is 0 Å². The molecule has 0 aromatic heterocycles. The van der Waals surface area contributed by atoms with Crippen molar-refractivity contribution in [2.24, 2.45) is 11.8 Å². The molecule has 0 spiro atoms. The lowest BCUT2D eigenvalue weighted by atomic mass is 9.95. The Morgan fingerprint density at radius 1 is 1.15 bits per heavy atom. The highest BCUT2D eigenvalue weighted by Crippen LogP contribution is 2.34. The first-order valence-corrected chi connectivity index (χ1v) is 9.94. The Bertz CT molecular complexity index is 621. The molecule has 1 saturated heterocycles. The topological polar surface area (TPSA) is 61.9 Å². The molecule has 1 aromatic carbocycles. The number of likely N-dealkylation sites (tertiary alicyclic amines) is 1. The first-order chi connectivity index (χ1) is 13.0. The zero-order valence-corrected chi connectivity index (χ0v) is 16.4. The monoisotopic (exact) mass is 373 g/mol. The van der Waals surface area contributed by atoms with Crippen LogP contribution in [-0.4, -0.2) is 68.0 Å². The summed E-state index contributed by atoms with van der Waals surface area (Å²) in [6.07, 6.45) is 3.98. The normalized spacial score (nSPS) is 19.0. The van der Waals surface area contributed by atoms with Gasteiger partial charge in [0.05, 0.1) is 0 Å². The Balaban J connectivity index is 1.37. The number of hydrogen-bond acceptors (Lipinski definition) is 4. The highest BCUT2D eigenvalue weighted by molar-refractivity contribution is 5.80. The molecule has 6 heteroatoms. The van der Waals surface area contributed by atoms with Crippen molar-refractivity contribution in [3.8, 4) is 5.75 Å². The molecule has 2 aliphatic rings. The van der Waals surface area contributed by atoms with E-state index in [0.29, 0.717) is 24.9 Å². The van der Waals surface area contributed by atoms with E-state index in [1.807, 2.05) is 30.3 Å². The van der Waals surface area contributed by atoms with E-state index in [2.05, 4.69) is 24.3 Å². The Morgan fingerprint density at radius 2 is 1.81 bits per heavy atom. The highest BCUT2D eigenvalue weighted by Gasteiger charge is 2.33. The second-order valence-electron chi connectivity index (χ2n) is 7.87. The summed E-state index contributed by atoms with van der Waals surface area (Å²) >= 11 is 0. The Morgan fingerprint density at radius 3 is 2.41 bits per heavy atom. The predicted octanol–water partition coefficient (Wildman–Crippen LogP) is 1.76. The van der Waals surface area contributed by atoms with E-state index in [-0.39, 0.29) is 24.3 Å². The summed E-state index contributed by atoms with van der Waals surface area (Å²) < 4.78 is 5.54. The lowest BCUT2D eigenvalue weighted by Gasteiger charge is -2.32. The van der Waals surface area contributed by atoms with E-state index in [4.69, 9.17) is 4.74 Å². The summed E-state index contributed by atoms with van der Waals surface area (Å²) in [5, 5.41) is 3.14. The van der Waals surface area contributed by atoms with Gasteiger partial charge in [0, 0.05) is 31.6 Å². The van der Waals surface area contributed by atoms with Crippen LogP contribution < -0.4 is 10.1 Å². The number of nitrogens with one attached hydrogen (secondary N) is 1. The molecule has 27 heavy (non-hydrogen) atoms. The molecule has 1 aliphatic heterocycles. The fraction of sp³-hybridized carbons (Fsp3) is 0.619. The van der Waals surface area contributed by atoms with Crippen molar-refractivity contribution >= 4 is 11.8 Å². The maximum absolute atomic E-state index is 12.5. The van der Waals surface area contributed by atoms with Gasteiger partial charge in [0.1, 0.15) is 5.75 Å². The molecule has 3 rings (SSSR count). The van der Waals surface area contributed by atoms with E-state index >= 15 is 0 Å². The molecule has 1 saturated carbocycles. The smallest absolute Gasteiger partial charge is 0.260 e. The van der Waals surface area contributed by atoms with Crippen molar-refractivity contribution in [2.75, 3.05) is 40.3 Å². The third-order valence-electron chi connectivity index (χ3n) is 5.64. The maximum atomic E-state index is 12.5. The van der Waals surface area contributed by atoms with Gasteiger partial charge in [0.15, 0.2) is 6.61 Å². The summed E-state index contributed by atoms with van der Waals surface area (Å²) in [5.74, 6) is 1.55. The standard InChI is InChI=1S/C21H31N3O3/c1-23(2)19(16-8-9-16)14-22-21(26)17-10-12-24(13-11-17)20(25)15-27-18-6-4-3-5-7-18/h3-7,16-17,19H,8-15H2,1-2H3,(H,22,26)/t19-/m1/s1. The summed E-state index contributed by atoms with van der Waals surface area (Å²) in [6.45, 7) is 2.01. The summed E-state index contributed by atoms with van der Waals surface area (Å²) in [4.78, 5) is 28.8. The number of piperidine rings is 1. The number of hydrogen-bond donors (Lipinski definition) is 1. The van der Waals surface area contributed by atoms with E-state index < -0.39 is 0 Å². The van der Waals surface area contributed by atoms with Crippen LogP contribution in [0.2, 0.25) is 0 Å². The van der Waals surface area contributed by atoms with Gasteiger partial charge in [-0.25, -0.2) is 0 Å². The molecule has 0 bridgehead atoms. The van der Waals surface area contributed by atoms with Gasteiger partial charge in [-0.2, -0.15) is 0 Å². The first kappa shape index (κ1) is 19.7. The van der Waals surface area contributed by atoms with Crippen molar-refractivity contribution in [1.82, 2.24) is 15.1 Å². The number of carbonyl (C=O) groups excluding carboxylic acids is 2. The van der Waals surface area contributed by atoms with Gasteiger partial charge in [-0.1, -0.05) is 18.2 Å². The van der Waals surface area contributed by atoms with Crippen molar-refractivity contribution in [3.05, 3.63) is 30.3 Å². The van der Waals surface area contributed by atoms with Crippen molar-refractivity contribution in [3.63, 3.8) is 0 Å². The average Bonchev–Trinajstić information content (AvgIpc) is 3.52. The lowest BCUT2D eigenvalue weighted by molar-refractivity contribution is -0.137. The molecule has 2 amide bonds. The van der Waals surface area contributed by atoms with Crippen LogP contribution in [0.5, 0.6) is 5.75 Å². The van der Waals surface area contributed by atoms with Crippen LogP contribution in [0.4, 0.5) is 0 Å². The fourth-order valence-corrected chi connectivity index (χ4v) is 3.75. The first-order valence-electron chi connectivity index (χ1n) is 9.94. The van der Waals surface area contributed by atoms with Crippen molar-refractivity contribution in [2.45, 2.75) is 31.7 Å². The molecular formula is C21H31N3O3. The lowest BCUT2D eigenvalue weighted by Crippen LogP contribution is -2.47. The van der Waals surface area contributed by atoms with E-state index in [1.54, 1.807) is 4.90 Å². The quantitative estimate of drug-likeness (QED) is 0.754. The zero-order valence-electron chi connectivity index (χ0n) is 16.4. The van der Waals surface area contributed by atoms with Gasteiger partial charge in [-0.15, -0.1) is 0 Å². The molecule has 1 aliphatic carbocycles. The summed E-state index contributed by atoms with van der Waals surface area (Å²) in [6, 6.07) is 9.79. The van der Waals surface area contributed by atoms with E-state index in [0.717, 1.165) is 25.3 Å². The molecule has 1 aromatic rings. The Labute approximate surface area is 161 Å². The molecular weight excluding hydrogens is 342 g/mol. The summed E-state index contributed by atoms with van der Waals surface area (Å²) in [7, 11) is 4.16. The van der Waals surface area contributed by atoms with Crippen LogP contribution in [0.25, 0.3) is 0 Å². The number of ether oxygens (including phenoxy) is 1. The second-order valence-corrected chi connectivity index (χ2v) is 7.87. The molecule has 0 radical (unpaired) electrons. The molecule has 2 fully saturated rings. The highest BCUT2D eigenvalue weighted by atomic mass is 16.5. The number of amides is 2. The number of rotatable bonds is 8. The van der Waals surface area contributed by atoms with Gasteiger partial charge in [-0.3, -0.25) is 9.59 Å². The number of carbonyl (C=O) groups is 2. The largest absolute Gasteiger partial charge is 0.484 e. The maximum Gasteiger partial charge on any atom is 0.260 e. The minimum Gasteiger partial charge on any atom is -0.484 e. The van der Waals surface area contributed by atoms with Gasteiger partial charge in [0.25, 0.3) is 5.91 Å². The third-order valence-corrected chi connectivity index (χ3v) is 5.64. The van der Waals surface area contributed by atoms with E-state index in [1.165, 1.54) is 12.8 Å². The minimum absolute atomic E-state index is 0.00565. The third kappa shape index (κ3) is 5.70. The number of nitrogens with zero attached hydrogens (tertiary/aromatic N) is 2. The van der Waals surface area contributed by atoms with Crippen molar-refractivity contribution < 1.29 is 14.3 Å². The van der Waals surface area contributed by atoms with Crippen molar-refractivity contribution in [1.29, 1.82) is 0 Å². The van der Waals surface area contributed by atoms with Gasteiger partial charge in [0.2, 0.25) is 5.91 Å². The van der Waals surface area contributed by atoms with Gasteiger partial charge < -0.3 is 19.9 Å². The molecule has 6 nitrogen and oxygen atoms in total.